The fraction of sp³-hybridized carbons (Fsp3) is 0.467. The van der Waals surface area contributed by atoms with Gasteiger partial charge in [-0.25, -0.2) is 0 Å². The molecule has 0 aliphatic heterocycles. The third-order valence-corrected chi connectivity index (χ3v) is 3.34. The van der Waals surface area contributed by atoms with Gasteiger partial charge in [-0.2, -0.15) is 0 Å². The highest BCUT2D eigenvalue weighted by atomic mass is 16.3. The van der Waals surface area contributed by atoms with Crippen LogP contribution in [-0.4, -0.2) is 10.6 Å². The van der Waals surface area contributed by atoms with Crippen LogP contribution in [0.1, 0.15) is 43.9 Å². The fourth-order valence-electron chi connectivity index (χ4n) is 2.41. The fourth-order valence-corrected chi connectivity index (χ4v) is 2.41. The van der Waals surface area contributed by atoms with Crippen LogP contribution in [0.2, 0.25) is 0 Å². The highest BCUT2D eigenvalue weighted by Crippen LogP contribution is 2.33. The molecule has 90 valence electrons. The van der Waals surface area contributed by atoms with Crippen LogP contribution in [0.5, 0.6) is 5.75 Å². The number of fused-ring (bicyclic) bond motifs is 1. The molecule has 0 aromatic heterocycles. The van der Waals surface area contributed by atoms with Crippen molar-refractivity contribution in [3.8, 4) is 18.1 Å². The second-order valence-corrected chi connectivity index (χ2v) is 5.24. The van der Waals surface area contributed by atoms with Crippen molar-refractivity contribution in [2.45, 2.75) is 44.7 Å². The Morgan fingerprint density at radius 1 is 1.47 bits per heavy atom. The maximum atomic E-state index is 9.59. The van der Waals surface area contributed by atoms with Crippen molar-refractivity contribution >= 4 is 0 Å². The molecule has 1 aliphatic carbocycles. The van der Waals surface area contributed by atoms with Crippen LogP contribution in [0.25, 0.3) is 0 Å². The molecule has 0 saturated carbocycles. The van der Waals surface area contributed by atoms with E-state index in [0.717, 1.165) is 19.3 Å². The number of phenols is 1. The molecule has 2 N–H and O–H groups in total. The molecule has 2 heteroatoms. The molecule has 1 atom stereocenters. The second-order valence-electron chi connectivity index (χ2n) is 5.24. The molecule has 0 bridgehead atoms. The molecule has 17 heavy (non-hydrogen) atoms. The first-order chi connectivity index (χ1) is 8.02. The Morgan fingerprint density at radius 2 is 2.24 bits per heavy atom. The zero-order chi connectivity index (χ0) is 12.5. The molecule has 1 aromatic carbocycles. The molecule has 0 spiro atoms. The third-order valence-electron chi connectivity index (χ3n) is 3.34. The Hall–Kier alpha value is -1.46. The highest BCUT2D eigenvalue weighted by Gasteiger charge is 2.25. The summed E-state index contributed by atoms with van der Waals surface area (Å²) in [5, 5.41) is 13.1. The maximum Gasteiger partial charge on any atom is 0.115 e. The van der Waals surface area contributed by atoms with E-state index in [0.29, 0.717) is 5.75 Å². The van der Waals surface area contributed by atoms with Crippen molar-refractivity contribution in [3.05, 3.63) is 29.3 Å². The number of hydrogen-bond acceptors (Lipinski definition) is 2. The van der Waals surface area contributed by atoms with Gasteiger partial charge in [-0.15, -0.1) is 6.42 Å². The van der Waals surface area contributed by atoms with Crippen LogP contribution in [0.15, 0.2) is 18.2 Å². The summed E-state index contributed by atoms with van der Waals surface area (Å²) < 4.78 is 0. The van der Waals surface area contributed by atoms with Crippen molar-refractivity contribution in [2.75, 3.05) is 0 Å². The minimum Gasteiger partial charge on any atom is -0.508 e. The molecule has 1 aromatic rings. The number of terminal acetylenes is 1. The zero-order valence-corrected chi connectivity index (χ0v) is 10.5. The normalized spacial score (nSPS) is 19.5. The van der Waals surface area contributed by atoms with E-state index < -0.39 is 0 Å². The highest BCUT2D eigenvalue weighted by molar-refractivity contribution is 5.39. The molecule has 0 radical (unpaired) electrons. The summed E-state index contributed by atoms with van der Waals surface area (Å²) >= 11 is 0. The van der Waals surface area contributed by atoms with Gasteiger partial charge in [0.05, 0.1) is 5.54 Å². The van der Waals surface area contributed by atoms with Crippen LogP contribution in [0.3, 0.4) is 0 Å². The van der Waals surface area contributed by atoms with Crippen molar-refractivity contribution in [1.82, 2.24) is 5.32 Å². The number of phenolic OH excluding ortho intramolecular Hbond substituents is 1. The average molecular weight is 229 g/mol. The maximum absolute atomic E-state index is 9.59. The van der Waals surface area contributed by atoms with Crippen molar-refractivity contribution in [1.29, 1.82) is 0 Å². The van der Waals surface area contributed by atoms with Crippen LogP contribution in [0, 0.1) is 12.3 Å². The van der Waals surface area contributed by atoms with Crippen molar-refractivity contribution < 1.29 is 5.11 Å². The van der Waals surface area contributed by atoms with Gasteiger partial charge in [-0.1, -0.05) is 12.0 Å². The molecular formula is C15H19NO. The van der Waals surface area contributed by atoms with E-state index in [2.05, 4.69) is 11.2 Å². The van der Waals surface area contributed by atoms with Crippen LogP contribution < -0.4 is 5.32 Å². The van der Waals surface area contributed by atoms with E-state index >= 15 is 0 Å². The predicted molar refractivity (Wildman–Crippen MR) is 69.8 cm³/mol. The van der Waals surface area contributed by atoms with Crippen molar-refractivity contribution in [2.24, 2.45) is 0 Å². The Labute approximate surface area is 103 Å². The Balaban J connectivity index is 2.29. The average Bonchev–Trinajstić information content (AvgIpc) is 2.30. The van der Waals surface area contributed by atoms with Crippen molar-refractivity contribution in [3.63, 3.8) is 0 Å². The van der Waals surface area contributed by atoms with Gasteiger partial charge >= 0.3 is 0 Å². The third kappa shape index (κ3) is 2.62. The smallest absolute Gasteiger partial charge is 0.115 e. The van der Waals surface area contributed by atoms with E-state index in [9.17, 15) is 5.11 Å². The zero-order valence-electron chi connectivity index (χ0n) is 10.5. The van der Waals surface area contributed by atoms with E-state index in [1.807, 2.05) is 26.0 Å². The first-order valence-electron chi connectivity index (χ1n) is 6.09. The number of aromatic hydroxyl groups is 1. The monoisotopic (exact) mass is 229 g/mol. The lowest BCUT2D eigenvalue weighted by atomic mass is 9.86. The van der Waals surface area contributed by atoms with Crippen LogP contribution in [0.4, 0.5) is 0 Å². The van der Waals surface area contributed by atoms with Gasteiger partial charge in [0.25, 0.3) is 0 Å². The number of aryl methyl sites for hydroxylation is 1. The van der Waals surface area contributed by atoms with E-state index in [1.54, 1.807) is 6.07 Å². The topological polar surface area (TPSA) is 32.3 Å². The number of nitrogens with one attached hydrogen (secondary N) is 1. The molecule has 0 heterocycles. The lowest BCUT2D eigenvalue weighted by Gasteiger charge is -2.32. The summed E-state index contributed by atoms with van der Waals surface area (Å²) in [6, 6.07) is 5.88. The SMILES string of the molecule is C#CC(C)(C)NC1CCCc2ccc(O)cc21. The van der Waals surface area contributed by atoms with Gasteiger partial charge in [0.1, 0.15) is 5.75 Å². The summed E-state index contributed by atoms with van der Waals surface area (Å²) in [4.78, 5) is 0. The lowest BCUT2D eigenvalue weighted by molar-refractivity contribution is 0.372. The van der Waals surface area contributed by atoms with Gasteiger partial charge in [0.15, 0.2) is 0 Å². The minimum absolute atomic E-state index is 0.247. The molecular weight excluding hydrogens is 210 g/mol. The first kappa shape index (κ1) is 12.0. The quantitative estimate of drug-likeness (QED) is 0.764. The lowest BCUT2D eigenvalue weighted by Crippen LogP contribution is -2.41. The second kappa shape index (κ2) is 4.43. The Bertz CT molecular complexity index is 456. The van der Waals surface area contributed by atoms with E-state index in [4.69, 9.17) is 6.42 Å². The molecule has 1 aliphatic rings. The van der Waals surface area contributed by atoms with Gasteiger partial charge in [-0.3, -0.25) is 5.32 Å². The van der Waals surface area contributed by atoms with E-state index in [-0.39, 0.29) is 11.6 Å². The minimum atomic E-state index is -0.315. The summed E-state index contributed by atoms with van der Waals surface area (Å²) in [7, 11) is 0. The molecule has 2 rings (SSSR count). The standard InChI is InChI=1S/C15H19NO/c1-4-15(2,3)16-14-7-5-6-11-8-9-12(17)10-13(11)14/h1,8-10,14,16-17H,5-7H2,2-3H3. The van der Waals surface area contributed by atoms with Crippen LogP contribution in [-0.2, 0) is 6.42 Å². The summed E-state index contributed by atoms with van der Waals surface area (Å²) in [5.41, 5.74) is 2.20. The number of rotatable bonds is 2. The molecule has 1 unspecified atom stereocenters. The van der Waals surface area contributed by atoms with Gasteiger partial charge < -0.3 is 5.11 Å². The molecule has 0 saturated heterocycles. The molecule has 0 fully saturated rings. The number of benzene rings is 1. The largest absolute Gasteiger partial charge is 0.508 e. The summed E-state index contributed by atoms with van der Waals surface area (Å²) in [5.74, 6) is 3.09. The van der Waals surface area contributed by atoms with Gasteiger partial charge in [0, 0.05) is 6.04 Å². The first-order valence-corrected chi connectivity index (χ1v) is 6.09. The summed E-state index contributed by atoms with van der Waals surface area (Å²) in [6.45, 7) is 4.01. The predicted octanol–water partition coefficient (Wildman–Crippen LogP) is 2.77. The summed E-state index contributed by atoms with van der Waals surface area (Å²) in [6.07, 6.45) is 8.83. The Kier molecular flexibility index (Phi) is 3.13. The number of hydrogen-bond donors (Lipinski definition) is 2. The van der Waals surface area contributed by atoms with Gasteiger partial charge in [-0.05, 0) is 56.4 Å². The van der Waals surface area contributed by atoms with Gasteiger partial charge in [0.2, 0.25) is 0 Å². The molecule has 0 amide bonds. The van der Waals surface area contributed by atoms with E-state index in [1.165, 1.54) is 11.1 Å². The van der Waals surface area contributed by atoms with Crippen LogP contribution >= 0.6 is 0 Å². The Morgan fingerprint density at radius 3 is 2.94 bits per heavy atom. The molecule has 2 nitrogen and oxygen atoms in total.